The zero-order chi connectivity index (χ0) is 45.9. The summed E-state index contributed by atoms with van der Waals surface area (Å²) in [6, 6.07) is 28.5. The predicted octanol–water partition coefficient (Wildman–Crippen LogP) is 6.74. The lowest BCUT2D eigenvalue weighted by molar-refractivity contribution is -0.141. The summed E-state index contributed by atoms with van der Waals surface area (Å²) in [7, 11) is 1.24. The summed E-state index contributed by atoms with van der Waals surface area (Å²) in [6.07, 6.45) is 2.38. The van der Waals surface area contributed by atoms with Crippen molar-refractivity contribution in [2.45, 2.75) is 83.2 Å². The first-order valence-electron chi connectivity index (χ1n) is 22.7. The van der Waals surface area contributed by atoms with Gasteiger partial charge in [0.25, 0.3) is 0 Å². The number of nitrogens with one attached hydrogen (secondary N) is 3. The van der Waals surface area contributed by atoms with Gasteiger partial charge in [0, 0.05) is 55.8 Å². The van der Waals surface area contributed by atoms with Crippen molar-refractivity contribution in [3.8, 4) is 0 Å². The van der Waals surface area contributed by atoms with Crippen molar-refractivity contribution in [2.75, 3.05) is 62.0 Å². The molecule has 0 bridgehead atoms. The van der Waals surface area contributed by atoms with E-state index in [0.717, 1.165) is 28.8 Å². The lowest BCUT2D eigenvalue weighted by Gasteiger charge is -2.34. The highest BCUT2D eigenvalue weighted by Gasteiger charge is 2.42. The number of carbonyl (C=O) groups is 5. The molecule has 4 aromatic carbocycles. The number of anilines is 3. The van der Waals surface area contributed by atoms with Crippen molar-refractivity contribution in [1.29, 1.82) is 0 Å². The van der Waals surface area contributed by atoms with Crippen LogP contribution in [0, 0.1) is 11.7 Å². The SMILES string of the molecule is CCN(CC)[C@@H](C(=O)N1CCC[C@H]1C(=O)Nc1ccc(CN(Cc2ccc(NC(=O)[C@@H]3CCCN3C(=O)[C@@H](NC(=O)OC)[C@H]3CCOC3)cc2)c2ccc(F)cc2)cc1)c1ccccc1. The maximum atomic E-state index is 14.1. The number of nitrogens with zero attached hydrogens (tertiary/aromatic N) is 4. The minimum absolute atomic E-state index is 0.0615. The molecule has 3 N–H and O–H groups in total. The number of benzene rings is 4. The number of methoxy groups -OCH3 is 1. The van der Waals surface area contributed by atoms with Crippen LogP contribution in [0.3, 0.4) is 0 Å². The van der Waals surface area contributed by atoms with Crippen molar-refractivity contribution in [3.63, 3.8) is 0 Å². The molecule has 3 heterocycles. The molecule has 14 nitrogen and oxygen atoms in total. The van der Waals surface area contributed by atoms with Gasteiger partial charge in [-0.2, -0.15) is 0 Å². The molecule has 0 spiro atoms. The molecule has 5 amide bonds. The van der Waals surface area contributed by atoms with Crippen LogP contribution >= 0.6 is 0 Å². The summed E-state index contributed by atoms with van der Waals surface area (Å²) >= 11 is 0. The van der Waals surface area contributed by atoms with Crippen LogP contribution in [-0.4, -0.2) is 109 Å². The van der Waals surface area contributed by atoms with Crippen LogP contribution in [0.25, 0.3) is 0 Å². The van der Waals surface area contributed by atoms with Crippen molar-refractivity contribution in [3.05, 3.63) is 126 Å². The minimum Gasteiger partial charge on any atom is -0.453 e. The number of likely N-dealkylation sites (tertiary alicyclic amines) is 2. The van der Waals surface area contributed by atoms with Crippen molar-refractivity contribution >= 4 is 46.8 Å². The largest absolute Gasteiger partial charge is 0.453 e. The van der Waals surface area contributed by atoms with Gasteiger partial charge in [-0.05, 0) is 110 Å². The third kappa shape index (κ3) is 11.5. The molecular formula is C50H60FN7O7. The molecule has 3 aliphatic heterocycles. The Balaban J connectivity index is 0.981. The van der Waals surface area contributed by atoms with Crippen molar-refractivity contribution in [1.82, 2.24) is 20.0 Å². The smallest absolute Gasteiger partial charge is 0.407 e. The topological polar surface area (TPSA) is 153 Å². The molecule has 5 atom stereocenters. The van der Waals surface area contributed by atoms with Crippen molar-refractivity contribution in [2.24, 2.45) is 5.92 Å². The molecule has 0 radical (unpaired) electrons. The van der Waals surface area contributed by atoms with Crippen LogP contribution in [-0.2, 0) is 41.7 Å². The standard InChI is InChI=1S/C50H60FN7O7/c1-4-55(5-2)45(36-11-7-6-8-12-36)49(62)58-29-10-14-43(58)47(60)53-40-23-17-35(18-24-40)32-56(41-25-19-38(51)20-26-41)31-34-15-21-39(22-16-34)52-46(59)42-13-9-28-57(42)48(61)44(54-50(63)64-3)37-27-30-65-33-37/h6-8,11-12,15-26,37,42-45H,4-5,9-10,13-14,27-33H2,1-3H3,(H,52,59)(H,53,60)(H,54,63)/t37-,42-,43-,44-,45+/m0/s1. The lowest BCUT2D eigenvalue weighted by atomic mass is 9.97. The van der Waals surface area contributed by atoms with E-state index < -0.39 is 30.3 Å². The van der Waals surface area contributed by atoms with Gasteiger partial charge in [0.05, 0.1) is 13.7 Å². The summed E-state index contributed by atoms with van der Waals surface area (Å²) < 4.78 is 24.3. The van der Waals surface area contributed by atoms with E-state index in [-0.39, 0.29) is 35.4 Å². The van der Waals surface area contributed by atoms with E-state index in [0.29, 0.717) is 89.5 Å². The molecule has 15 heteroatoms. The first kappa shape index (κ1) is 46.7. The normalized spacial score (nSPS) is 19.1. The van der Waals surface area contributed by atoms with Gasteiger partial charge in [0.2, 0.25) is 23.6 Å². The number of amides is 5. The number of alkyl carbamates (subject to hydrolysis) is 1. The van der Waals surface area contributed by atoms with E-state index in [1.165, 1.54) is 19.2 Å². The summed E-state index contributed by atoms with van der Waals surface area (Å²) in [6.45, 7) is 8.17. The molecule has 3 saturated heterocycles. The molecular weight excluding hydrogens is 830 g/mol. The molecule has 0 aliphatic carbocycles. The van der Waals surface area contributed by atoms with Gasteiger partial charge in [-0.25, -0.2) is 9.18 Å². The lowest BCUT2D eigenvalue weighted by Crippen LogP contribution is -2.55. The predicted molar refractivity (Wildman–Crippen MR) is 246 cm³/mol. The molecule has 4 aromatic rings. The van der Waals surface area contributed by atoms with Crippen molar-refractivity contribution < 1.29 is 37.8 Å². The van der Waals surface area contributed by atoms with Crippen LogP contribution in [0.5, 0.6) is 0 Å². The Bertz CT molecular complexity index is 2240. The average Bonchev–Trinajstić information content (AvgIpc) is 4.15. The number of hydrogen-bond acceptors (Lipinski definition) is 9. The Morgan fingerprint density at radius 1 is 0.723 bits per heavy atom. The van der Waals surface area contributed by atoms with E-state index in [4.69, 9.17) is 9.47 Å². The highest BCUT2D eigenvalue weighted by Crippen LogP contribution is 2.30. The number of rotatable bonds is 17. The Morgan fingerprint density at radius 2 is 1.26 bits per heavy atom. The van der Waals surface area contributed by atoms with Gasteiger partial charge in [0.15, 0.2) is 0 Å². The van der Waals surface area contributed by atoms with Crippen LogP contribution in [0.1, 0.15) is 68.7 Å². The maximum absolute atomic E-state index is 14.1. The van der Waals surface area contributed by atoms with Gasteiger partial charge in [0.1, 0.15) is 30.0 Å². The second kappa shape index (κ2) is 22.0. The molecule has 0 saturated carbocycles. The van der Waals surface area contributed by atoms with Gasteiger partial charge in [-0.3, -0.25) is 24.1 Å². The van der Waals surface area contributed by atoms with Crippen LogP contribution < -0.4 is 20.9 Å². The Kier molecular flexibility index (Phi) is 15.8. The zero-order valence-corrected chi connectivity index (χ0v) is 37.4. The number of likely N-dealkylation sites (N-methyl/N-ethyl adjacent to an activating group) is 1. The zero-order valence-electron chi connectivity index (χ0n) is 37.4. The maximum Gasteiger partial charge on any atom is 0.407 e. The number of ether oxygens (including phenoxy) is 2. The molecule has 7 rings (SSSR count). The summed E-state index contributed by atoms with van der Waals surface area (Å²) in [4.78, 5) is 75.0. The Labute approximate surface area is 380 Å². The third-order valence-corrected chi connectivity index (χ3v) is 12.7. The molecule has 344 valence electrons. The van der Waals surface area contributed by atoms with E-state index in [1.807, 2.05) is 92.7 Å². The van der Waals surface area contributed by atoms with Gasteiger partial charge in [-0.1, -0.05) is 68.4 Å². The monoisotopic (exact) mass is 889 g/mol. The molecule has 3 aliphatic rings. The Morgan fingerprint density at radius 3 is 1.75 bits per heavy atom. The fourth-order valence-electron chi connectivity index (χ4n) is 9.23. The second-order valence-corrected chi connectivity index (χ2v) is 16.9. The van der Waals surface area contributed by atoms with E-state index in [1.54, 1.807) is 21.9 Å². The first-order chi connectivity index (χ1) is 31.6. The fourth-order valence-corrected chi connectivity index (χ4v) is 9.23. The summed E-state index contributed by atoms with van der Waals surface area (Å²) in [5.74, 6) is -1.47. The first-order valence-corrected chi connectivity index (χ1v) is 22.7. The highest BCUT2D eigenvalue weighted by molar-refractivity contribution is 5.99. The molecule has 65 heavy (non-hydrogen) atoms. The fraction of sp³-hybridized carbons (Fsp3) is 0.420. The quantitative estimate of drug-likeness (QED) is 0.105. The van der Waals surface area contributed by atoms with Gasteiger partial charge < -0.3 is 40.1 Å². The molecule has 3 fully saturated rings. The van der Waals surface area contributed by atoms with E-state index >= 15 is 0 Å². The second-order valence-electron chi connectivity index (χ2n) is 16.9. The summed E-state index contributed by atoms with van der Waals surface area (Å²) in [5.41, 5.74) is 4.81. The molecule has 0 unspecified atom stereocenters. The number of hydrogen-bond donors (Lipinski definition) is 3. The summed E-state index contributed by atoms with van der Waals surface area (Å²) in [5, 5.41) is 8.70. The van der Waals surface area contributed by atoms with Crippen LogP contribution in [0.15, 0.2) is 103 Å². The van der Waals surface area contributed by atoms with E-state index in [2.05, 4.69) is 25.8 Å². The average molecular weight is 890 g/mol. The minimum atomic E-state index is -0.858. The highest BCUT2D eigenvalue weighted by atomic mass is 19.1. The van der Waals surface area contributed by atoms with Gasteiger partial charge in [-0.15, -0.1) is 0 Å². The Hall–Kier alpha value is -6.32. The molecule has 0 aromatic heterocycles. The third-order valence-electron chi connectivity index (χ3n) is 12.7. The number of halogens is 1. The van der Waals surface area contributed by atoms with Gasteiger partial charge >= 0.3 is 6.09 Å². The van der Waals surface area contributed by atoms with E-state index in [9.17, 15) is 28.4 Å². The van der Waals surface area contributed by atoms with Crippen LogP contribution in [0.4, 0.5) is 26.2 Å². The number of carbonyl (C=O) groups excluding carboxylic acids is 5. The van der Waals surface area contributed by atoms with Crippen LogP contribution in [0.2, 0.25) is 0 Å².